The summed E-state index contributed by atoms with van der Waals surface area (Å²) in [5, 5.41) is 0.391. The van der Waals surface area contributed by atoms with E-state index in [-0.39, 0.29) is 5.41 Å². The van der Waals surface area contributed by atoms with E-state index in [0.717, 1.165) is 5.65 Å². The van der Waals surface area contributed by atoms with Gasteiger partial charge in [0.25, 0.3) is 0 Å². The van der Waals surface area contributed by atoms with Gasteiger partial charge in [-0.25, -0.2) is 15.0 Å². The highest BCUT2D eigenvalue weighted by Crippen LogP contribution is 2.23. The molecule has 1 aromatic carbocycles. The molecule has 21 heavy (non-hydrogen) atoms. The molecule has 0 saturated heterocycles. The molecule has 3 aromatic rings. The lowest BCUT2D eigenvalue weighted by molar-refractivity contribution is 0.590. The van der Waals surface area contributed by atoms with Crippen LogP contribution in [-0.2, 0) is 12.0 Å². The predicted octanol–water partition coefficient (Wildman–Crippen LogP) is 3.83. The van der Waals surface area contributed by atoms with E-state index in [0.29, 0.717) is 17.2 Å². The molecule has 2 aromatic heterocycles. The molecule has 0 spiro atoms. The second-order valence-corrected chi connectivity index (χ2v) is 6.51. The van der Waals surface area contributed by atoms with Crippen molar-refractivity contribution in [1.82, 2.24) is 19.5 Å². The SMILES string of the molecule is CC(C)(C)c1ccc(Cn2cnc3c(Cl)ncnc32)cc1. The lowest BCUT2D eigenvalue weighted by atomic mass is 9.87. The Morgan fingerprint density at radius 2 is 1.76 bits per heavy atom. The zero-order chi connectivity index (χ0) is 15.0. The van der Waals surface area contributed by atoms with Gasteiger partial charge in [0.2, 0.25) is 0 Å². The fourth-order valence-corrected chi connectivity index (χ4v) is 2.45. The van der Waals surface area contributed by atoms with Crippen molar-refractivity contribution in [3.63, 3.8) is 0 Å². The molecule has 0 aliphatic carbocycles. The predicted molar refractivity (Wildman–Crippen MR) is 84.6 cm³/mol. The molecule has 3 rings (SSSR count). The number of aromatic nitrogens is 4. The monoisotopic (exact) mass is 300 g/mol. The Bertz CT molecular complexity index is 769. The smallest absolute Gasteiger partial charge is 0.165 e. The van der Waals surface area contributed by atoms with Crippen LogP contribution >= 0.6 is 11.6 Å². The Morgan fingerprint density at radius 1 is 1.05 bits per heavy atom. The molecule has 0 atom stereocenters. The zero-order valence-electron chi connectivity index (χ0n) is 12.3. The Hall–Kier alpha value is -1.94. The third-order valence-corrected chi connectivity index (χ3v) is 3.81. The number of halogens is 1. The van der Waals surface area contributed by atoms with Crippen LogP contribution in [0.2, 0.25) is 5.15 Å². The van der Waals surface area contributed by atoms with E-state index in [4.69, 9.17) is 11.6 Å². The van der Waals surface area contributed by atoms with E-state index < -0.39 is 0 Å². The first kappa shape index (κ1) is 14.0. The van der Waals surface area contributed by atoms with Gasteiger partial charge in [-0.3, -0.25) is 0 Å². The van der Waals surface area contributed by atoms with E-state index in [1.807, 2.05) is 4.57 Å². The first-order chi connectivity index (χ1) is 9.95. The Labute approximate surface area is 128 Å². The van der Waals surface area contributed by atoms with Crippen molar-refractivity contribution in [3.05, 3.63) is 53.2 Å². The highest BCUT2D eigenvalue weighted by atomic mass is 35.5. The van der Waals surface area contributed by atoms with Crippen LogP contribution in [0.3, 0.4) is 0 Å². The maximum atomic E-state index is 6.02. The Morgan fingerprint density at radius 3 is 2.43 bits per heavy atom. The van der Waals surface area contributed by atoms with Crippen molar-refractivity contribution in [2.45, 2.75) is 32.7 Å². The molecule has 4 nitrogen and oxygen atoms in total. The lowest BCUT2D eigenvalue weighted by Gasteiger charge is -2.19. The van der Waals surface area contributed by atoms with E-state index >= 15 is 0 Å². The summed E-state index contributed by atoms with van der Waals surface area (Å²) < 4.78 is 1.98. The number of fused-ring (bicyclic) bond motifs is 1. The van der Waals surface area contributed by atoms with E-state index in [2.05, 4.69) is 60.0 Å². The first-order valence-electron chi connectivity index (χ1n) is 6.86. The van der Waals surface area contributed by atoms with Gasteiger partial charge < -0.3 is 4.57 Å². The Balaban J connectivity index is 1.90. The van der Waals surface area contributed by atoms with E-state index in [1.54, 1.807) is 6.33 Å². The minimum atomic E-state index is 0.168. The maximum Gasteiger partial charge on any atom is 0.165 e. The topological polar surface area (TPSA) is 43.6 Å². The van der Waals surface area contributed by atoms with Crippen molar-refractivity contribution < 1.29 is 0 Å². The molecule has 2 heterocycles. The molecule has 0 aliphatic heterocycles. The summed E-state index contributed by atoms with van der Waals surface area (Å²) in [7, 11) is 0. The third kappa shape index (κ3) is 2.76. The zero-order valence-corrected chi connectivity index (χ0v) is 13.1. The largest absolute Gasteiger partial charge is 0.311 e. The normalized spacial score (nSPS) is 12.0. The lowest BCUT2D eigenvalue weighted by Crippen LogP contribution is -2.11. The summed E-state index contributed by atoms with van der Waals surface area (Å²) >= 11 is 6.02. The first-order valence-corrected chi connectivity index (χ1v) is 7.24. The highest BCUT2D eigenvalue weighted by molar-refractivity contribution is 6.33. The van der Waals surface area contributed by atoms with E-state index in [9.17, 15) is 0 Å². The average Bonchev–Trinajstić information content (AvgIpc) is 2.83. The molecule has 108 valence electrons. The third-order valence-electron chi connectivity index (χ3n) is 3.53. The second-order valence-electron chi connectivity index (χ2n) is 6.16. The van der Waals surface area contributed by atoms with Crippen LogP contribution in [0.15, 0.2) is 36.9 Å². The molecule has 0 unspecified atom stereocenters. The molecule has 0 bridgehead atoms. The van der Waals surface area contributed by atoms with Gasteiger partial charge in [0.1, 0.15) is 11.8 Å². The fraction of sp³-hybridized carbons (Fsp3) is 0.312. The summed E-state index contributed by atoms with van der Waals surface area (Å²) in [6, 6.07) is 8.65. The fourth-order valence-electron chi connectivity index (χ4n) is 2.27. The number of nitrogens with zero attached hydrogens (tertiary/aromatic N) is 4. The van der Waals surface area contributed by atoms with E-state index in [1.165, 1.54) is 17.5 Å². The maximum absolute atomic E-state index is 6.02. The number of imidazole rings is 1. The van der Waals surface area contributed by atoms with Gasteiger partial charge in [0.05, 0.1) is 12.9 Å². The van der Waals surface area contributed by atoms with Gasteiger partial charge in [0, 0.05) is 0 Å². The summed E-state index contributed by atoms with van der Waals surface area (Å²) in [5.74, 6) is 0. The molecular formula is C16H17ClN4. The van der Waals surface area contributed by atoms with Crippen molar-refractivity contribution in [3.8, 4) is 0 Å². The number of hydrogen-bond acceptors (Lipinski definition) is 3. The number of benzene rings is 1. The van der Waals surface area contributed by atoms with Crippen LogP contribution in [0.4, 0.5) is 0 Å². The van der Waals surface area contributed by atoms with Crippen LogP contribution in [-0.4, -0.2) is 19.5 Å². The summed E-state index contributed by atoms with van der Waals surface area (Å²) in [6.07, 6.45) is 3.22. The van der Waals surface area contributed by atoms with Crippen molar-refractivity contribution >= 4 is 22.8 Å². The summed E-state index contributed by atoms with van der Waals surface area (Å²) in [5.41, 5.74) is 4.10. The summed E-state index contributed by atoms with van der Waals surface area (Å²) in [6.45, 7) is 7.35. The molecule has 0 fully saturated rings. The standard InChI is InChI=1S/C16H17ClN4/c1-16(2,3)12-6-4-11(5-7-12)8-21-10-20-13-14(17)18-9-19-15(13)21/h4-7,9-10H,8H2,1-3H3. The van der Waals surface area contributed by atoms with Gasteiger partial charge in [-0.1, -0.05) is 56.6 Å². The van der Waals surface area contributed by atoms with Crippen molar-refractivity contribution in [2.75, 3.05) is 0 Å². The number of hydrogen-bond donors (Lipinski definition) is 0. The number of rotatable bonds is 2. The van der Waals surface area contributed by atoms with Crippen LogP contribution in [0.25, 0.3) is 11.2 Å². The molecule has 0 amide bonds. The average molecular weight is 301 g/mol. The van der Waals surface area contributed by atoms with Gasteiger partial charge in [-0.15, -0.1) is 0 Å². The highest BCUT2D eigenvalue weighted by Gasteiger charge is 2.13. The molecule has 0 aliphatic rings. The minimum absolute atomic E-state index is 0.168. The second kappa shape index (κ2) is 5.11. The van der Waals surface area contributed by atoms with Gasteiger partial charge >= 0.3 is 0 Å². The van der Waals surface area contributed by atoms with Crippen LogP contribution < -0.4 is 0 Å². The molecule has 0 radical (unpaired) electrons. The molecule has 0 N–H and O–H groups in total. The Kier molecular flexibility index (Phi) is 3.41. The molecular weight excluding hydrogens is 284 g/mol. The summed E-state index contributed by atoms with van der Waals surface area (Å²) in [4.78, 5) is 12.5. The van der Waals surface area contributed by atoms with Gasteiger partial charge in [-0.2, -0.15) is 0 Å². The minimum Gasteiger partial charge on any atom is -0.311 e. The quantitative estimate of drug-likeness (QED) is 0.676. The molecule has 5 heteroatoms. The van der Waals surface area contributed by atoms with Crippen molar-refractivity contribution in [1.29, 1.82) is 0 Å². The molecule has 0 saturated carbocycles. The van der Waals surface area contributed by atoms with Crippen LogP contribution in [0, 0.1) is 0 Å². The van der Waals surface area contributed by atoms with Crippen LogP contribution in [0.1, 0.15) is 31.9 Å². The van der Waals surface area contributed by atoms with Crippen molar-refractivity contribution in [2.24, 2.45) is 0 Å². The van der Waals surface area contributed by atoms with Gasteiger partial charge in [-0.05, 0) is 16.5 Å². The van der Waals surface area contributed by atoms with Crippen LogP contribution in [0.5, 0.6) is 0 Å². The van der Waals surface area contributed by atoms with Gasteiger partial charge in [0.15, 0.2) is 10.8 Å².